The standard InChI is InChI=1S/C15H16O3/c1-14-6-5-9-3-4-10(17-2)7-11(9)15(14)12(14)8-13(16)18-15/h3-4,7,12H,5-6,8H2,1-2H3/t12-,14-,15-/m0/s1. The minimum atomic E-state index is -0.341. The van der Waals surface area contributed by atoms with Gasteiger partial charge in [0.25, 0.3) is 0 Å². The van der Waals surface area contributed by atoms with Crippen LogP contribution in [0.1, 0.15) is 30.9 Å². The lowest BCUT2D eigenvalue weighted by molar-refractivity contribution is -0.150. The highest BCUT2D eigenvalue weighted by Gasteiger charge is 2.82. The topological polar surface area (TPSA) is 35.5 Å². The summed E-state index contributed by atoms with van der Waals surface area (Å²) >= 11 is 0. The molecule has 94 valence electrons. The predicted molar refractivity (Wildman–Crippen MR) is 65.3 cm³/mol. The van der Waals surface area contributed by atoms with Crippen LogP contribution in [0.5, 0.6) is 5.75 Å². The molecule has 0 radical (unpaired) electrons. The van der Waals surface area contributed by atoms with Crippen molar-refractivity contribution in [2.45, 2.75) is 31.8 Å². The van der Waals surface area contributed by atoms with Gasteiger partial charge in [-0.15, -0.1) is 0 Å². The molecule has 1 aromatic carbocycles. The van der Waals surface area contributed by atoms with E-state index < -0.39 is 0 Å². The SMILES string of the molecule is COc1ccc2c(c1)[C@]13OC(=O)C[C@H]1[C@]3(C)CC2. The quantitative estimate of drug-likeness (QED) is 0.712. The van der Waals surface area contributed by atoms with Crippen LogP contribution >= 0.6 is 0 Å². The monoisotopic (exact) mass is 244 g/mol. The molecule has 3 aliphatic rings. The Morgan fingerprint density at radius 2 is 2.28 bits per heavy atom. The van der Waals surface area contributed by atoms with Crippen molar-refractivity contribution in [2.24, 2.45) is 11.3 Å². The number of aryl methyl sites for hydroxylation is 1. The Kier molecular flexibility index (Phi) is 1.68. The molecule has 1 saturated heterocycles. The van der Waals surface area contributed by atoms with E-state index in [9.17, 15) is 4.79 Å². The van der Waals surface area contributed by atoms with Crippen LogP contribution in [0.25, 0.3) is 0 Å². The van der Waals surface area contributed by atoms with E-state index in [4.69, 9.17) is 9.47 Å². The Bertz CT molecular complexity index is 565. The van der Waals surface area contributed by atoms with Crippen LogP contribution < -0.4 is 4.74 Å². The fourth-order valence-electron chi connectivity index (χ4n) is 4.23. The summed E-state index contributed by atoms with van der Waals surface area (Å²) in [7, 11) is 1.67. The van der Waals surface area contributed by atoms with E-state index in [2.05, 4.69) is 19.1 Å². The minimum Gasteiger partial charge on any atom is -0.497 e. The molecule has 0 bridgehead atoms. The summed E-state index contributed by atoms with van der Waals surface area (Å²) in [5, 5.41) is 0. The number of ether oxygens (including phenoxy) is 2. The first-order chi connectivity index (χ1) is 8.62. The molecule has 1 spiro atoms. The Hall–Kier alpha value is -1.51. The van der Waals surface area contributed by atoms with Gasteiger partial charge in [0.15, 0.2) is 0 Å². The highest BCUT2D eigenvalue weighted by molar-refractivity contribution is 5.77. The number of benzene rings is 1. The predicted octanol–water partition coefficient (Wildman–Crippen LogP) is 2.42. The van der Waals surface area contributed by atoms with Crippen molar-refractivity contribution in [2.75, 3.05) is 7.11 Å². The lowest BCUT2D eigenvalue weighted by Crippen LogP contribution is -2.27. The molecule has 0 aromatic heterocycles. The summed E-state index contributed by atoms with van der Waals surface area (Å²) in [5.41, 5.74) is 2.31. The second-order valence-electron chi connectivity index (χ2n) is 5.91. The summed E-state index contributed by atoms with van der Waals surface area (Å²) < 4.78 is 11.1. The normalized spacial score (nSPS) is 39.4. The fourth-order valence-corrected chi connectivity index (χ4v) is 4.23. The van der Waals surface area contributed by atoms with Gasteiger partial charge in [-0.05, 0) is 30.5 Å². The Balaban J connectivity index is 1.91. The van der Waals surface area contributed by atoms with Crippen molar-refractivity contribution in [1.29, 1.82) is 0 Å². The molecule has 4 rings (SSSR count). The number of fused-ring (bicyclic) bond motifs is 2. The average Bonchev–Trinajstić information content (AvgIpc) is 2.70. The maximum atomic E-state index is 11.6. The zero-order chi connectivity index (χ0) is 12.5. The summed E-state index contributed by atoms with van der Waals surface area (Å²) in [6.45, 7) is 2.26. The van der Waals surface area contributed by atoms with Crippen molar-refractivity contribution >= 4 is 5.97 Å². The zero-order valence-electron chi connectivity index (χ0n) is 10.7. The third-order valence-electron chi connectivity index (χ3n) is 5.30. The molecule has 2 fully saturated rings. The van der Waals surface area contributed by atoms with E-state index in [0.29, 0.717) is 12.3 Å². The molecule has 1 heterocycles. The third-order valence-corrected chi connectivity index (χ3v) is 5.30. The molecule has 1 aromatic rings. The van der Waals surface area contributed by atoms with Gasteiger partial charge in [-0.2, -0.15) is 0 Å². The summed E-state index contributed by atoms with van der Waals surface area (Å²) in [6.07, 6.45) is 2.77. The lowest BCUT2D eigenvalue weighted by atomic mass is 9.82. The lowest BCUT2D eigenvalue weighted by Gasteiger charge is -2.30. The van der Waals surface area contributed by atoms with Crippen LogP contribution in [0.15, 0.2) is 18.2 Å². The van der Waals surface area contributed by atoms with Gasteiger partial charge < -0.3 is 9.47 Å². The molecule has 0 unspecified atom stereocenters. The molecular weight excluding hydrogens is 228 g/mol. The first kappa shape index (κ1) is 10.4. The summed E-state index contributed by atoms with van der Waals surface area (Å²) in [5.74, 6) is 1.17. The highest BCUT2D eigenvalue weighted by atomic mass is 16.6. The van der Waals surface area contributed by atoms with Crippen molar-refractivity contribution in [3.05, 3.63) is 29.3 Å². The Morgan fingerprint density at radius 3 is 3.06 bits per heavy atom. The van der Waals surface area contributed by atoms with E-state index >= 15 is 0 Å². The second kappa shape index (κ2) is 2.90. The molecular formula is C15H16O3. The third kappa shape index (κ3) is 0.922. The van der Waals surface area contributed by atoms with E-state index in [1.54, 1.807) is 7.11 Å². The van der Waals surface area contributed by atoms with Gasteiger partial charge in [0.05, 0.1) is 13.5 Å². The molecule has 1 saturated carbocycles. The maximum Gasteiger partial charge on any atom is 0.307 e. The van der Waals surface area contributed by atoms with Gasteiger partial charge in [-0.3, -0.25) is 4.79 Å². The van der Waals surface area contributed by atoms with Crippen molar-refractivity contribution in [3.63, 3.8) is 0 Å². The molecule has 3 heteroatoms. The smallest absolute Gasteiger partial charge is 0.307 e. The molecule has 0 N–H and O–H groups in total. The Labute approximate surface area is 106 Å². The number of methoxy groups -OCH3 is 1. The highest BCUT2D eigenvalue weighted by Crippen LogP contribution is 2.78. The van der Waals surface area contributed by atoms with E-state index in [1.165, 1.54) is 11.1 Å². The largest absolute Gasteiger partial charge is 0.497 e. The molecule has 3 atom stereocenters. The van der Waals surface area contributed by atoms with Gasteiger partial charge in [-0.1, -0.05) is 13.0 Å². The van der Waals surface area contributed by atoms with Gasteiger partial charge in [0.2, 0.25) is 0 Å². The number of hydrogen-bond acceptors (Lipinski definition) is 3. The molecule has 18 heavy (non-hydrogen) atoms. The number of carbonyl (C=O) groups is 1. The van der Waals surface area contributed by atoms with E-state index in [-0.39, 0.29) is 17.0 Å². The summed E-state index contributed by atoms with van der Waals surface area (Å²) in [4.78, 5) is 11.6. The number of hydrogen-bond donors (Lipinski definition) is 0. The van der Waals surface area contributed by atoms with Crippen LogP contribution in [-0.4, -0.2) is 13.1 Å². The van der Waals surface area contributed by atoms with Crippen LogP contribution in [0.2, 0.25) is 0 Å². The first-order valence-electron chi connectivity index (χ1n) is 6.51. The van der Waals surface area contributed by atoms with Crippen LogP contribution in [0, 0.1) is 11.3 Å². The number of carbonyl (C=O) groups excluding carboxylic acids is 1. The molecule has 0 amide bonds. The number of rotatable bonds is 1. The van der Waals surface area contributed by atoms with Gasteiger partial charge in [0.1, 0.15) is 11.4 Å². The minimum absolute atomic E-state index is 0.0480. The fraction of sp³-hybridized carbons (Fsp3) is 0.533. The van der Waals surface area contributed by atoms with Crippen LogP contribution in [-0.2, 0) is 21.6 Å². The Morgan fingerprint density at radius 1 is 1.44 bits per heavy atom. The first-order valence-corrected chi connectivity index (χ1v) is 6.51. The van der Waals surface area contributed by atoms with Gasteiger partial charge >= 0.3 is 5.97 Å². The van der Waals surface area contributed by atoms with Gasteiger partial charge in [-0.25, -0.2) is 0 Å². The average molecular weight is 244 g/mol. The zero-order valence-corrected chi connectivity index (χ0v) is 10.7. The van der Waals surface area contributed by atoms with Crippen LogP contribution in [0.3, 0.4) is 0 Å². The molecule has 1 aliphatic heterocycles. The summed E-state index contributed by atoms with van der Waals surface area (Å²) in [6, 6.07) is 6.17. The van der Waals surface area contributed by atoms with E-state index in [1.807, 2.05) is 6.07 Å². The second-order valence-corrected chi connectivity index (χ2v) is 5.91. The number of esters is 1. The van der Waals surface area contributed by atoms with Crippen molar-refractivity contribution < 1.29 is 14.3 Å². The van der Waals surface area contributed by atoms with E-state index in [0.717, 1.165) is 18.6 Å². The maximum absolute atomic E-state index is 11.6. The van der Waals surface area contributed by atoms with Crippen molar-refractivity contribution in [1.82, 2.24) is 0 Å². The van der Waals surface area contributed by atoms with Crippen molar-refractivity contribution in [3.8, 4) is 5.75 Å². The van der Waals surface area contributed by atoms with Crippen LogP contribution in [0.4, 0.5) is 0 Å². The van der Waals surface area contributed by atoms with Gasteiger partial charge in [0, 0.05) is 16.9 Å². The molecule has 2 aliphatic carbocycles. The molecule has 3 nitrogen and oxygen atoms in total.